The maximum Gasteiger partial charge on any atom is 0.326 e. The quantitative estimate of drug-likeness (QED) is 0.306. The molecule has 3 N–H and O–H groups in total. The first-order valence-corrected chi connectivity index (χ1v) is 3.55. The number of benzene rings is 1. The minimum Gasteiger partial charge on any atom is -0.497 e. The molecule has 0 amide bonds. The van der Waals surface area contributed by atoms with Gasteiger partial charge in [-0.25, -0.2) is 0 Å². The molecule has 0 aliphatic rings. The summed E-state index contributed by atoms with van der Waals surface area (Å²) in [6.07, 6.45) is 0. The average molecular weight is 182 g/mol. The zero-order valence-corrected chi connectivity index (χ0v) is 7.10. The lowest BCUT2D eigenvalue weighted by atomic mass is 10.3. The molecular weight excluding hydrogens is 172 g/mol. The molecule has 0 aliphatic heterocycles. The molecule has 0 radical (unpaired) electrons. The SMILES string of the molecule is COc1ccc(O/C(N)=N/O)cc1. The highest BCUT2D eigenvalue weighted by Gasteiger charge is 1.97. The van der Waals surface area contributed by atoms with E-state index in [0.29, 0.717) is 11.5 Å². The van der Waals surface area contributed by atoms with Gasteiger partial charge in [-0.3, -0.25) is 0 Å². The Labute approximate surface area is 75.4 Å². The number of nitrogens with two attached hydrogens (primary N) is 1. The van der Waals surface area contributed by atoms with Crippen molar-refractivity contribution in [2.45, 2.75) is 0 Å². The number of nitrogens with zero attached hydrogens (tertiary/aromatic N) is 1. The molecule has 0 spiro atoms. The van der Waals surface area contributed by atoms with Crippen LogP contribution in [0.3, 0.4) is 0 Å². The van der Waals surface area contributed by atoms with Gasteiger partial charge in [0.2, 0.25) is 0 Å². The summed E-state index contributed by atoms with van der Waals surface area (Å²) in [6, 6.07) is 6.42. The highest BCUT2D eigenvalue weighted by molar-refractivity contribution is 5.73. The molecule has 5 heteroatoms. The number of methoxy groups -OCH3 is 1. The van der Waals surface area contributed by atoms with Crippen LogP contribution in [0, 0.1) is 0 Å². The average Bonchev–Trinajstić information content (AvgIpc) is 2.19. The molecule has 0 heterocycles. The minimum absolute atomic E-state index is 0.301. The van der Waals surface area contributed by atoms with Gasteiger partial charge in [0, 0.05) is 0 Å². The molecular formula is C8H10N2O3. The molecule has 70 valence electrons. The highest BCUT2D eigenvalue weighted by atomic mass is 16.5. The number of oxime groups is 1. The van der Waals surface area contributed by atoms with E-state index in [2.05, 4.69) is 5.16 Å². The summed E-state index contributed by atoms with van der Waals surface area (Å²) in [4.78, 5) is 0. The number of ether oxygens (including phenoxy) is 2. The Morgan fingerprint density at radius 2 is 1.85 bits per heavy atom. The van der Waals surface area contributed by atoms with Crippen molar-refractivity contribution in [3.05, 3.63) is 24.3 Å². The molecule has 1 aromatic carbocycles. The Kier molecular flexibility index (Phi) is 2.97. The summed E-state index contributed by atoms with van der Waals surface area (Å²) in [5.41, 5.74) is 5.12. The summed E-state index contributed by atoms with van der Waals surface area (Å²) >= 11 is 0. The monoisotopic (exact) mass is 182 g/mol. The standard InChI is InChI=1S/C8H10N2O3/c1-12-6-2-4-7(5-3-6)13-8(9)10-11/h2-5,11H,1H3,(H2,9,10). The lowest BCUT2D eigenvalue weighted by Gasteiger charge is -2.03. The Bertz CT molecular complexity index is 295. The van der Waals surface area contributed by atoms with Crippen LogP contribution in [-0.2, 0) is 0 Å². The number of amidine groups is 1. The fourth-order valence-corrected chi connectivity index (χ4v) is 0.785. The lowest BCUT2D eigenvalue weighted by Crippen LogP contribution is -2.19. The van der Waals surface area contributed by atoms with E-state index in [9.17, 15) is 0 Å². The third kappa shape index (κ3) is 2.55. The first-order valence-electron chi connectivity index (χ1n) is 3.55. The molecule has 13 heavy (non-hydrogen) atoms. The Morgan fingerprint density at radius 3 is 2.31 bits per heavy atom. The molecule has 0 bridgehead atoms. The van der Waals surface area contributed by atoms with Crippen LogP contribution in [0.25, 0.3) is 0 Å². The fraction of sp³-hybridized carbons (Fsp3) is 0.125. The van der Waals surface area contributed by atoms with Crippen LogP contribution in [0.2, 0.25) is 0 Å². The molecule has 0 atom stereocenters. The van der Waals surface area contributed by atoms with Crippen LogP contribution < -0.4 is 15.2 Å². The lowest BCUT2D eigenvalue weighted by molar-refractivity contribution is 0.302. The van der Waals surface area contributed by atoms with Crippen LogP contribution in [0.1, 0.15) is 0 Å². The minimum atomic E-state index is -0.301. The largest absolute Gasteiger partial charge is 0.497 e. The van der Waals surface area contributed by atoms with Crippen molar-refractivity contribution in [1.82, 2.24) is 0 Å². The van der Waals surface area contributed by atoms with E-state index in [0.717, 1.165) is 0 Å². The Hall–Kier alpha value is -1.91. The van der Waals surface area contributed by atoms with Gasteiger partial charge in [0.25, 0.3) is 0 Å². The van der Waals surface area contributed by atoms with Gasteiger partial charge in [-0.05, 0) is 29.4 Å². The van der Waals surface area contributed by atoms with Crippen molar-refractivity contribution in [2.75, 3.05) is 7.11 Å². The van der Waals surface area contributed by atoms with Gasteiger partial charge in [-0.1, -0.05) is 0 Å². The maximum absolute atomic E-state index is 8.21. The second-order valence-electron chi connectivity index (χ2n) is 2.22. The molecule has 0 saturated carbocycles. The summed E-state index contributed by atoms with van der Waals surface area (Å²) in [6.45, 7) is 0. The predicted molar refractivity (Wildman–Crippen MR) is 47.0 cm³/mol. The maximum atomic E-state index is 8.21. The number of hydrogen-bond donors (Lipinski definition) is 2. The third-order valence-corrected chi connectivity index (χ3v) is 1.38. The van der Waals surface area contributed by atoms with E-state index in [1.54, 1.807) is 31.4 Å². The van der Waals surface area contributed by atoms with Crippen LogP contribution in [0.4, 0.5) is 0 Å². The fourth-order valence-electron chi connectivity index (χ4n) is 0.785. The second kappa shape index (κ2) is 4.20. The van der Waals surface area contributed by atoms with E-state index in [4.69, 9.17) is 20.4 Å². The van der Waals surface area contributed by atoms with Crippen LogP contribution in [0.5, 0.6) is 11.5 Å². The predicted octanol–water partition coefficient (Wildman–Crippen LogP) is 0.778. The van der Waals surface area contributed by atoms with Crippen LogP contribution >= 0.6 is 0 Å². The van der Waals surface area contributed by atoms with Crippen LogP contribution in [0.15, 0.2) is 29.4 Å². The zero-order chi connectivity index (χ0) is 9.68. The molecule has 0 unspecified atom stereocenters. The molecule has 1 rings (SSSR count). The van der Waals surface area contributed by atoms with Gasteiger partial charge in [-0.2, -0.15) is 0 Å². The summed E-state index contributed by atoms with van der Waals surface area (Å²) in [5.74, 6) is 1.20. The summed E-state index contributed by atoms with van der Waals surface area (Å²) < 4.78 is 9.82. The Balaban J connectivity index is 2.69. The summed E-state index contributed by atoms with van der Waals surface area (Å²) in [5, 5.41) is 10.9. The smallest absolute Gasteiger partial charge is 0.326 e. The molecule has 5 nitrogen and oxygen atoms in total. The van der Waals surface area contributed by atoms with Crippen molar-refractivity contribution in [2.24, 2.45) is 10.9 Å². The molecule has 0 fully saturated rings. The number of hydrogen-bond acceptors (Lipinski definition) is 4. The number of rotatable bonds is 2. The van der Waals surface area contributed by atoms with Gasteiger partial charge in [0.1, 0.15) is 11.5 Å². The van der Waals surface area contributed by atoms with Gasteiger partial charge >= 0.3 is 6.02 Å². The normalized spacial score (nSPS) is 11.0. The molecule has 1 aromatic rings. The van der Waals surface area contributed by atoms with E-state index in [-0.39, 0.29) is 6.02 Å². The zero-order valence-electron chi connectivity index (χ0n) is 7.10. The van der Waals surface area contributed by atoms with Crippen molar-refractivity contribution in [1.29, 1.82) is 0 Å². The molecule has 0 aromatic heterocycles. The van der Waals surface area contributed by atoms with Crippen molar-refractivity contribution in [3.63, 3.8) is 0 Å². The van der Waals surface area contributed by atoms with Crippen molar-refractivity contribution >= 4 is 6.02 Å². The first-order chi connectivity index (χ1) is 6.26. The van der Waals surface area contributed by atoms with Gasteiger partial charge in [0.15, 0.2) is 0 Å². The molecule has 0 saturated heterocycles. The van der Waals surface area contributed by atoms with Gasteiger partial charge in [0.05, 0.1) is 7.11 Å². The molecule has 0 aliphatic carbocycles. The Morgan fingerprint density at radius 1 is 1.31 bits per heavy atom. The van der Waals surface area contributed by atoms with Gasteiger partial charge in [-0.15, -0.1) is 0 Å². The first kappa shape index (κ1) is 9.18. The van der Waals surface area contributed by atoms with E-state index in [1.165, 1.54) is 0 Å². The highest BCUT2D eigenvalue weighted by Crippen LogP contribution is 2.16. The topological polar surface area (TPSA) is 77.1 Å². The third-order valence-electron chi connectivity index (χ3n) is 1.38. The van der Waals surface area contributed by atoms with Crippen LogP contribution in [-0.4, -0.2) is 18.3 Å². The van der Waals surface area contributed by atoms with Crippen molar-refractivity contribution in [3.8, 4) is 11.5 Å². The van der Waals surface area contributed by atoms with Gasteiger partial charge < -0.3 is 20.4 Å². The van der Waals surface area contributed by atoms with E-state index in [1.807, 2.05) is 0 Å². The summed E-state index contributed by atoms with van der Waals surface area (Å²) in [7, 11) is 1.57. The second-order valence-corrected chi connectivity index (χ2v) is 2.22. The van der Waals surface area contributed by atoms with E-state index >= 15 is 0 Å². The van der Waals surface area contributed by atoms with Crippen molar-refractivity contribution < 1.29 is 14.7 Å². The van der Waals surface area contributed by atoms with E-state index < -0.39 is 0 Å².